The molecule has 1 aliphatic heterocycles. The van der Waals surface area contributed by atoms with Gasteiger partial charge < -0.3 is 10.2 Å². The van der Waals surface area contributed by atoms with Crippen LogP contribution in [0.25, 0.3) is 0 Å². The molecule has 0 aromatic rings. The molecule has 19 heavy (non-hydrogen) atoms. The average molecular weight is 269 g/mol. The lowest BCUT2D eigenvalue weighted by molar-refractivity contribution is -0.133. The molecule has 1 rings (SSSR count). The van der Waals surface area contributed by atoms with Crippen LogP contribution in [0.1, 0.15) is 46.5 Å². The summed E-state index contributed by atoms with van der Waals surface area (Å²) in [6.07, 6.45) is 4.91. The predicted molar refractivity (Wildman–Crippen MR) is 80.3 cm³/mol. The first kappa shape index (κ1) is 16.4. The number of likely N-dealkylation sites (N-methyl/N-ethyl adjacent to an activating group) is 1. The molecular formula is C15H31N3O. The predicted octanol–water partition coefficient (Wildman–Crippen LogP) is 1.71. The zero-order valence-electron chi connectivity index (χ0n) is 13.1. The molecule has 1 N–H and O–H groups in total. The summed E-state index contributed by atoms with van der Waals surface area (Å²) in [5.41, 5.74) is 0. The second kappa shape index (κ2) is 8.54. The number of piperidine rings is 1. The number of hydrogen-bond acceptors (Lipinski definition) is 3. The van der Waals surface area contributed by atoms with Gasteiger partial charge in [0.2, 0.25) is 5.91 Å². The van der Waals surface area contributed by atoms with Gasteiger partial charge >= 0.3 is 0 Å². The van der Waals surface area contributed by atoms with E-state index in [0.717, 1.165) is 19.6 Å². The molecular weight excluding hydrogens is 238 g/mol. The maximum atomic E-state index is 12.2. The Morgan fingerprint density at radius 2 is 2.16 bits per heavy atom. The topological polar surface area (TPSA) is 35.6 Å². The van der Waals surface area contributed by atoms with Crippen LogP contribution in [0, 0.1) is 0 Å². The van der Waals surface area contributed by atoms with Crippen LogP contribution in [0.2, 0.25) is 0 Å². The van der Waals surface area contributed by atoms with Crippen molar-refractivity contribution >= 4 is 5.91 Å². The molecule has 0 aromatic heterocycles. The minimum Gasteiger partial charge on any atom is -0.342 e. The quantitative estimate of drug-likeness (QED) is 0.715. The summed E-state index contributed by atoms with van der Waals surface area (Å²) in [5.74, 6) is 0.248. The first-order valence-corrected chi connectivity index (χ1v) is 7.76. The van der Waals surface area contributed by atoms with Crippen LogP contribution in [0.3, 0.4) is 0 Å². The molecule has 4 nitrogen and oxygen atoms in total. The molecule has 0 saturated carbocycles. The van der Waals surface area contributed by atoms with Crippen molar-refractivity contribution < 1.29 is 4.79 Å². The van der Waals surface area contributed by atoms with E-state index in [2.05, 4.69) is 31.0 Å². The Labute approximate surface area is 118 Å². The number of carbonyl (C=O) groups is 1. The second-order valence-corrected chi connectivity index (χ2v) is 5.92. The lowest BCUT2D eigenvalue weighted by Crippen LogP contribution is -2.50. The largest absolute Gasteiger partial charge is 0.342 e. The Balaban J connectivity index is 2.45. The smallest absolute Gasteiger partial charge is 0.236 e. The third-order valence-electron chi connectivity index (χ3n) is 4.06. The summed E-state index contributed by atoms with van der Waals surface area (Å²) in [4.78, 5) is 16.4. The number of hydrogen-bond donors (Lipinski definition) is 1. The molecule has 0 aromatic carbocycles. The third-order valence-corrected chi connectivity index (χ3v) is 4.06. The molecule has 0 spiro atoms. The number of amides is 1. The van der Waals surface area contributed by atoms with Gasteiger partial charge in [0.1, 0.15) is 0 Å². The minimum absolute atomic E-state index is 0.248. The van der Waals surface area contributed by atoms with Gasteiger partial charge in [-0.25, -0.2) is 0 Å². The molecule has 1 saturated heterocycles. The van der Waals surface area contributed by atoms with E-state index in [0.29, 0.717) is 12.6 Å². The average Bonchev–Trinajstić information content (AvgIpc) is 2.39. The molecule has 4 heteroatoms. The van der Waals surface area contributed by atoms with Gasteiger partial charge in [0, 0.05) is 25.7 Å². The molecule has 1 unspecified atom stereocenters. The Hall–Kier alpha value is -0.610. The summed E-state index contributed by atoms with van der Waals surface area (Å²) >= 11 is 0. The molecule has 1 fully saturated rings. The summed E-state index contributed by atoms with van der Waals surface area (Å²) in [6, 6.07) is 0.818. The molecule has 112 valence electrons. The van der Waals surface area contributed by atoms with Gasteiger partial charge in [0.15, 0.2) is 0 Å². The van der Waals surface area contributed by atoms with Crippen LogP contribution in [-0.2, 0) is 4.79 Å². The van der Waals surface area contributed by atoms with Crippen molar-refractivity contribution in [2.45, 2.75) is 58.5 Å². The minimum atomic E-state index is 0.248. The van der Waals surface area contributed by atoms with Crippen molar-refractivity contribution in [2.75, 3.05) is 33.2 Å². The van der Waals surface area contributed by atoms with E-state index in [-0.39, 0.29) is 11.9 Å². The van der Waals surface area contributed by atoms with E-state index in [1.54, 1.807) is 0 Å². The van der Waals surface area contributed by atoms with E-state index < -0.39 is 0 Å². The highest BCUT2D eigenvalue weighted by Gasteiger charge is 2.25. The highest BCUT2D eigenvalue weighted by molar-refractivity contribution is 5.78. The number of rotatable bonds is 7. The molecule has 1 aliphatic rings. The Morgan fingerprint density at radius 1 is 1.42 bits per heavy atom. The first-order chi connectivity index (χ1) is 9.06. The fraction of sp³-hybridized carbons (Fsp3) is 0.933. The fourth-order valence-electron chi connectivity index (χ4n) is 2.52. The van der Waals surface area contributed by atoms with Crippen LogP contribution in [-0.4, -0.2) is 61.0 Å². The first-order valence-electron chi connectivity index (χ1n) is 7.76. The van der Waals surface area contributed by atoms with Crippen LogP contribution >= 0.6 is 0 Å². The maximum absolute atomic E-state index is 12.2. The molecule has 0 radical (unpaired) electrons. The second-order valence-electron chi connectivity index (χ2n) is 5.92. The summed E-state index contributed by atoms with van der Waals surface area (Å²) in [5, 5.41) is 3.49. The zero-order chi connectivity index (χ0) is 14.3. The van der Waals surface area contributed by atoms with Crippen molar-refractivity contribution in [1.82, 2.24) is 15.1 Å². The van der Waals surface area contributed by atoms with Gasteiger partial charge in [0.05, 0.1) is 6.54 Å². The normalized spacial score (nSPS) is 20.8. The van der Waals surface area contributed by atoms with Crippen molar-refractivity contribution in [3.8, 4) is 0 Å². The molecule has 1 atom stereocenters. The maximum Gasteiger partial charge on any atom is 0.236 e. The van der Waals surface area contributed by atoms with Gasteiger partial charge in [-0.15, -0.1) is 0 Å². The van der Waals surface area contributed by atoms with Gasteiger partial charge in [-0.1, -0.05) is 13.3 Å². The third kappa shape index (κ3) is 5.49. The van der Waals surface area contributed by atoms with E-state index in [1.165, 1.54) is 25.7 Å². The highest BCUT2D eigenvalue weighted by atomic mass is 16.2. The number of carbonyl (C=O) groups excluding carboxylic acids is 1. The van der Waals surface area contributed by atoms with Gasteiger partial charge in [0.25, 0.3) is 0 Å². The SMILES string of the molecule is CCCNCC1CCCCN1CC(=O)N(C)C(C)C. The summed E-state index contributed by atoms with van der Waals surface area (Å²) in [6.45, 7) is 10.1. The van der Waals surface area contributed by atoms with E-state index in [9.17, 15) is 4.79 Å². The van der Waals surface area contributed by atoms with Crippen LogP contribution in [0.15, 0.2) is 0 Å². The van der Waals surface area contributed by atoms with Crippen molar-refractivity contribution in [2.24, 2.45) is 0 Å². The van der Waals surface area contributed by atoms with E-state index >= 15 is 0 Å². The lowest BCUT2D eigenvalue weighted by Gasteiger charge is -2.36. The van der Waals surface area contributed by atoms with Gasteiger partial charge in [-0.2, -0.15) is 0 Å². The molecule has 0 bridgehead atoms. The van der Waals surface area contributed by atoms with Gasteiger partial charge in [-0.05, 0) is 46.2 Å². The summed E-state index contributed by atoms with van der Waals surface area (Å²) in [7, 11) is 1.90. The van der Waals surface area contributed by atoms with Crippen LogP contribution < -0.4 is 5.32 Å². The van der Waals surface area contributed by atoms with E-state index in [1.807, 2.05) is 11.9 Å². The Kier molecular flexibility index (Phi) is 7.39. The van der Waals surface area contributed by atoms with Gasteiger partial charge in [-0.3, -0.25) is 9.69 Å². The highest BCUT2D eigenvalue weighted by Crippen LogP contribution is 2.16. The lowest BCUT2D eigenvalue weighted by atomic mass is 10.0. The van der Waals surface area contributed by atoms with Crippen LogP contribution in [0.5, 0.6) is 0 Å². The Bertz CT molecular complexity index is 268. The Morgan fingerprint density at radius 3 is 2.79 bits per heavy atom. The fourth-order valence-corrected chi connectivity index (χ4v) is 2.52. The number of nitrogens with zero attached hydrogens (tertiary/aromatic N) is 2. The zero-order valence-corrected chi connectivity index (χ0v) is 13.1. The molecule has 0 aliphatic carbocycles. The van der Waals surface area contributed by atoms with Crippen molar-refractivity contribution in [3.05, 3.63) is 0 Å². The summed E-state index contributed by atoms with van der Waals surface area (Å²) < 4.78 is 0. The molecule has 1 heterocycles. The van der Waals surface area contributed by atoms with Crippen molar-refractivity contribution in [3.63, 3.8) is 0 Å². The standard InChI is InChI=1S/C15H31N3O/c1-5-9-16-11-14-8-6-7-10-18(14)12-15(19)17(4)13(2)3/h13-14,16H,5-12H2,1-4H3. The molecule has 1 amide bonds. The number of likely N-dealkylation sites (tertiary alicyclic amines) is 1. The van der Waals surface area contributed by atoms with E-state index in [4.69, 9.17) is 0 Å². The van der Waals surface area contributed by atoms with Crippen LogP contribution in [0.4, 0.5) is 0 Å². The van der Waals surface area contributed by atoms with Crippen molar-refractivity contribution in [1.29, 1.82) is 0 Å². The number of nitrogens with one attached hydrogen (secondary N) is 1. The monoisotopic (exact) mass is 269 g/mol.